The highest BCUT2D eigenvalue weighted by Crippen LogP contribution is 2.27. The molecule has 0 aromatic rings. The standard InChI is InChI=1S/C23H49N7.3C2HF3O2/c1-30(23(26)29-20-21-14-15-21)19-13-9-5-4-7-11-17-27-16-10-6-2-3-8-12-18-28-22(24)25;3*3-2(4,5)1(6)7/h21,27H,2-20H2,1H3,(H6,24,25,26,28,29);3*(H,6,7). The molecular weight excluding hydrogens is 713 g/mol. The van der Waals surface area contributed by atoms with Crippen LogP contribution < -0.4 is 48.1 Å². The van der Waals surface area contributed by atoms with Crippen molar-refractivity contribution in [1.29, 1.82) is 0 Å². The number of nitrogens with one attached hydrogen (secondary N) is 2. The molecule has 10 N–H and O–H groups in total. The van der Waals surface area contributed by atoms with Gasteiger partial charge in [0.05, 0.1) is 39.8 Å². The summed E-state index contributed by atoms with van der Waals surface area (Å²) in [4.78, 5) is 29.3. The van der Waals surface area contributed by atoms with E-state index >= 15 is 0 Å². The number of hydrogen-bond donors (Lipinski definition) is 6. The monoisotopic (exact) mass is 765 g/mol. The number of alkyl halides is 9. The molecule has 1 rings (SSSR count). The smallest absolute Gasteiger partial charge is 0.430 e. The molecule has 302 valence electrons. The van der Waals surface area contributed by atoms with E-state index in [2.05, 4.69) is 27.2 Å². The lowest BCUT2D eigenvalue weighted by Gasteiger charge is -2.07. The second-order valence-electron chi connectivity index (χ2n) is 11.5. The van der Waals surface area contributed by atoms with Gasteiger partial charge in [0.1, 0.15) is 17.9 Å². The van der Waals surface area contributed by atoms with Gasteiger partial charge in [0.25, 0.3) is 0 Å². The number of guanidine groups is 2. The molecule has 0 amide bonds. The van der Waals surface area contributed by atoms with Crippen molar-refractivity contribution in [2.45, 2.75) is 108 Å². The topological polar surface area (TPSA) is 244 Å². The van der Waals surface area contributed by atoms with Crippen molar-refractivity contribution in [2.24, 2.45) is 23.1 Å². The number of nitrogens with zero attached hydrogens (tertiary/aromatic N) is 1. The number of rotatable bonds is 20. The molecule has 0 aromatic heterocycles. The predicted octanol–water partition coefficient (Wildman–Crippen LogP) is -2.56. The minimum Gasteiger partial charge on any atom is -0.542 e. The van der Waals surface area contributed by atoms with Crippen LogP contribution in [0.2, 0.25) is 0 Å². The SMILES string of the molecule is C[N+](CCCCCCCC[NH2+]CCCCCCCC[NH+]=C(N)N)=C(N)NCC1CC1.O=C([O-])C(F)(F)F.O=C([O-])C(F)(F)F.O=C([O-])C(F)(F)F. The molecule has 0 radical (unpaired) electrons. The minimum absolute atomic E-state index is 0.338. The van der Waals surface area contributed by atoms with Crippen molar-refractivity contribution in [3.05, 3.63) is 0 Å². The molecule has 22 heteroatoms. The quantitative estimate of drug-likeness (QED) is 0.0249. The van der Waals surface area contributed by atoms with E-state index in [-0.39, 0.29) is 0 Å². The van der Waals surface area contributed by atoms with Crippen molar-refractivity contribution in [1.82, 2.24) is 5.32 Å². The Morgan fingerprint density at radius 3 is 1.33 bits per heavy atom. The summed E-state index contributed by atoms with van der Waals surface area (Å²) in [7, 11) is 2.10. The first-order chi connectivity index (χ1) is 23.4. The van der Waals surface area contributed by atoms with Gasteiger partial charge in [0.15, 0.2) is 0 Å². The summed E-state index contributed by atoms with van der Waals surface area (Å²) in [5.74, 6) is -6.96. The maximum Gasteiger partial charge on any atom is 0.430 e. The molecule has 1 fully saturated rings. The molecule has 0 spiro atoms. The van der Waals surface area contributed by atoms with Crippen LogP contribution in [0.4, 0.5) is 39.5 Å². The molecule has 0 aliphatic heterocycles. The van der Waals surface area contributed by atoms with Gasteiger partial charge >= 0.3 is 30.4 Å². The first-order valence-corrected chi connectivity index (χ1v) is 16.3. The van der Waals surface area contributed by atoms with Gasteiger partial charge in [-0.1, -0.05) is 38.5 Å². The Kier molecular flexibility index (Phi) is 29.3. The van der Waals surface area contributed by atoms with E-state index in [1.54, 1.807) is 0 Å². The average Bonchev–Trinajstić information content (AvgIpc) is 3.83. The second kappa shape index (κ2) is 28.9. The van der Waals surface area contributed by atoms with Gasteiger partial charge in [0.2, 0.25) is 0 Å². The zero-order chi connectivity index (χ0) is 40.1. The summed E-state index contributed by atoms with van der Waals surface area (Å²) in [5, 5.41) is 32.2. The van der Waals surface area contributed by atoms with Gasteiger partial charge < -0.3 is 35.0 Å². The maximum atomic E-state index is 10.5. The van der Waals surface area contributed by atoms with Gasteiger partial charge in [-0.25, -0.2) is 0 Å². The third-order valence-corrected chi connectivity index (χ3v) is 6.69. The molecule has 0 aromatic carbocycles. The number of nitrogens with two attached hydrogens (primary N) is 4. The lowest BCUT2D eigenvalue weighted by atomic mass is 10.1. The Bertz CT molecular complexity index is 961. The maximum absolute atomic E-state index is 10.5. The highest BCUT2D eigenvalue weighted by molar-refractivity contribution is 5.72. The van der Waals surface area contributed by atoms with E-state index < -0.39 is 36.4 Å². The number of carboxylic acids is 3. The summed E-state index contributed by atoms with van der Waals surface area (Å²) in [6.07, 6.45) is 2.99. The van der Waals surface area contributed by atoms with Crippen LogP contribution >= 0.6 is 0 Å². The number of carbonyl (C=O) groups excluding carboxylic acids is 3. The normalized spacial score (nSPS) is 13.1. The first-order valence-electron chi connectivity index (χ1n) is 16.3. The van der Waals surface area contributed by atoms with Crippen molar-refractivity contribution in [3.8, 4) is 0 Å². The van der Waals surface area contributed by atoms with Crippen molar-refractivity contribution in [2.75, 3.05) is 39.8 Å². The number of quaternary nitrogens is 1. The minimum atomic E-state index is -5.19. The Morgan fingerprint density at radius 2 is 1.00 bits per heavy atom. The van der Waals surface area contributed by atoms with Gasteiger partial charge in [-0.15, -0.1) is 0 Å². The fourth-order valence-corrected chi connectivity index (χ4v) is 3.67. The van der Waals surface area contributed by atoms with Gasteiger partial charge in [-0.05, 0) is 57.3 Å². The highest BCUT2D eigenvalue weighted by atomic mass is 19.4. The van der Waals surface area contributed by atoms with E-state index in [1.165, 1.54) is 96.6 Å². The Labute approximate surface area is 290 Å². The second-order valence-corrected chi connectivity index (χ2v) is 11.5. The molecular formula is C29H52F9N7O6. The molecule has 13 nitrogen and oxygen atoms in total. The van der Waals surface area contributed by atoms with E-state index in [1.807, 2.05) is 0 Å². The van der Waals surface area contributed by atoms with E-state index in [4.69, 9.17) is 46.9 Å². The van der Waals surface area contributed by atoms with Gasteiger partial charge in [0, 0.05) is 0 Å². The van der Waals surface area contributed by atoms with Crippen molar-refractivity contribution >= 4 is 29.8 Å². The van der Waals surface area contributed by atoms with Crippen LogP contribution in [0, 0.1) is 5.92 Å². The summed E-state index contributed by atoms with van der Waals surface area (Å²) in [6.45, 7) is 5.60. The van der Waals surface area contributed by atoms with Crippen LogP contribution in [0.5, 0.6) is 0 Å². The van der Waals surface area contributed by atoms with Gasteiger partial charge in [-0.2, -0.15) is 39.5 Å². The zero-order valence-electron chi connectivity index (χ0n) is 28.6. The molecule has 0 atom stereocenters. The Balaban J connectivity index is -0.000000882. The lowest BCUT2D eigenvalue weighted by molar-refractivity contribution is -0.655. The first kappa shape index (κ1) is 51.6. The summed E-state index contributed by atoms with van der Waals surface area (Å²) in [6, 6.07) is 0. The van der Waals surface area contributed by atoms with Gasteiger partial charge in [-0.3, -0.25) is 32.1 Å². The number of carbonyl (C=O) groups is 3. The number of halogens is 9. The fraction of sp³-hybridized carbons (Fsp3) is 0.828. The molecule has 0 saturated heterocycles. The number of aliphatic carboxylic acids is 3. The van der Waals surface area contributed by atoms with Crippen LogP contribution in [0.15, 0.2) is 0 Å². The van der Waals surface area contributed by atoms with Crippen LogP contribution in [0.25, 0.3) is 0 Å². The summed E-state index contributed by atoms with van der Waals surface area (Å²) < 4.78 is 96.8. The van der Waals surface area contributed by atoms with E-state index in [0.717, 1.165) is 37.9 Å². The van der Waals surface area contributed by atoms with Crippen LogP contribution in [-0.2, 0) is 14.4 Å². The number of unbranched alkanes of at least 4 members (excludes halogenated alkanes) is 10. The Morgan fingerprint density at radius 1 is 0.667 bits per heavy atom. The molecule has 51 heavy (non-hydrogen) atoms. The fourth-order valence-electron chi connectivity index (χ4n) is 3.67. The van der Waals surface area contributed by atoms with Crippen LogP contribution in [0.3, 0.4) is 0 Å². The van der Waals surface area contributed by atoms with Crippen LogP contribution in [-0.4, -0.2) is 92.7 Å². The largest absolute Gasteiger partial charge is 0.542 e. The number of carboxylic acid groups (broad SMARTS) is 3. The summed E-state index contributed by atoms with van der Waals surface area (Å²) in [5.41, 5.74) is 16.8. The molecule has 0 unspecified atom stereocenters. The molecule has 0 bridgehead atoms. The van der Waals surface area contributed by atoms with Crippen molar-refractivity contribution < 1.29 is 84.1 Å². The third kappa shape index (κ3) is 40.6. The molecule has 1 aliphatic rings. The third-order valence-electron chi connectivity index (χ3n) is 6.69. The zero-order valence-corrected chi connectivity index (χ0v) is 28.6. The van der Waals surface area contributed by atoms with Crippen LogP contribution in [0.1, 0.15) is 89.9 Å². The average molecular weight is 766 g/mol. The van der Waals surface area contributed by atoms with E-state index in [9.17, 15) is 39.5 Å². The molecule has 1 aliphatic carbocycles. The highest BCUT2D eigenvalue weighted by Gasteiger charge is 2.30. The van der Waals surface area contributed by atoms with E-state index in [0.29, 0.717) is 5.96 Å². The lowest BCUT2D eigenvalue weighted by Crippen LogP contribution is -2.84. The van der Waals surface area contributed by atoms with Crippen molar-refractivity contribution in [3.63, 3.8) is 0 Å². The summed E-state index contributed by atoms with van der Waals surface area (Å²) >= 11 is 0. The number of hydrogen-bond acceptors (Lipinski definition) is 6. The molecule has 0 heterocycles. The predicted molar refractivity (Wildman–Crippen MR) is 160 cm³/mol. The Hall–Kier alpha value is -3.72. The molecule has 1 saturated carbocycles.